The van der Waals surface area contributed by atoms with Crippen molar-refractivity contribution in [1.82, 2.24) is 0 Å². The van der Waals surface area contributed by atoms with Gasteiger partial charge in [-0.15, -0.1) is 0 Å². The molecule has 0 aliphatic rings. The van der Waals surface area contributed by atoms with Crippen molar-refractivity contribution < 1.29 is 24.3 Å². The predicted molar refractivity (Wildman–Crippen MR) is 114 cm³/mol. The molecule has 0 saturated carbocycles. The van der Waals surface area contributed by atoms with E-state index >= 15 is 0 Å². The lowest BCUT2D eigenvalue weighted by Gasteiger charge is -2.15. The van der Waals surface area contributed by atoms with Gasteiger partial charge in [-0.2, -0.15) is 0 Å². The quantitative estimate of drug-likeness (QED) is 0.139. The van der Waals surface area contributed by atoms with Crippen molar-refractivity contribution in [2.24, 2.45) is 21.8 Å². The number of hydrogen-bond acceptors (Lipinski definition) is 8. The highest BCUT2D eigenvalue weighted by molar-refractivity contribution is 5.90. The molecule has 0 bridgehead atoms. The lowest BCUT2D eigenvalue weighted by molar-refractivity contribution is 0.304. The molecule has 1 heterocycles. The Kier molecular flexibility index (Phi) is 6.61. The van der Waals surface area contributed by atoms with E-state index in [-0.39, 0.29) is 36.2 Å². The third-order valence-electron chi connectivity index (χ3n) is 4.56. The molecule has 0 unspecified atom stereocenters. The maximum atomic E-state index is 12.7. The van der Waals surface area contributed by atoms with E-state index in [4.69, 9.17) is 35.8 Å². The summed E-state index contributed by atoms with van der Waals surface area (Å²) in [6, 6.07) is 12.6. The van der Waals surface area contributed by atoms with Crippen molar-refractivity contribution in [2.75, 3.05) is 13.2 Å². The van der Waals surface area contributed by atoms with Gasteiger partial charge in [0.2, 0.25) is 0 Å². The van der Waals surface area contributed by atoms with E-state index in [0.29, 0.717) is 28.7 Å². The van der Waals surface area contributed by atoms with Crippen LogP contribution in [0.15, 0.2) is 62.0 Å². The average Bonchev–Trinajstić information content (AvgIpc) is 2.78. The van der Waals surface area contributed by atoms with Gasteiger partial charge in [0.25, 0.3) is 0 Å². The van der Waals surface area contributed by atoms with Crippen LogP contribution in [0, 0.1) is 6.92 Å². The lowest BCUT2D eigenvalue weighted by Crippen LogP contribution is -2.22. The van der Waals surface area contributed by atoms with Gasteiger partial charge in [0.05, 0.1) is 5.39 Å². The predicted octanol–water partition coefficient (Wildman–Crippen LogP) is 1.94. The summed E-state index contributed by atoms with van der Waals surface area (Å²) >= 11 is 0. The molecule has 0 atom stereocenters. The Morgan fingerprint density at radius 2 is 1.68 bits per heavy atom. The molecule has 0 radical (unpaired) electrons. The minimum Gasteiger partial charge on any atom is -0.485 e. The van der Waals surface area contributed by atoms with Crippen LogP contribution in [-0.4, -0.2) is 35.3 Å². The van der Waals surface area contributed by atoms with Gasteiger partial charge in [0.1, 0.15) is 30.3 Å². The smallest absolute Gasteiger partial charge is 0.340 e. The Labute approximate surface area is 177 Å². The second-order valence-electron chi connectivity index (χ2n) is 6.71. The Balaban J connectivity index is 2.10. The topological polar surface area (TPSA) is 166 Å². The number of amidine groups is 2. The molecule has 0 aliphatic heterocycles. The Morgan fingerprint density at radius 1 is 1.03 bits per heavy atom. The van der Waals surface area contributed by atoms with Gasteiger partial charge in [-0.25, -0.2) is 4.79 Å². The molecule has 162 valence electrons. The number of aryl methyl sites for hydroxylation is 1. The fourth-order valence-corrected chi connectivity index (χ4v) is 3.05. The molecule has 3 rings (SSSR count). The zero-order chi connectivity index (χ0) is 22.4. The molecule has 10 nitrogen and oxygen atoms in total. The number of nitrogens with zero attached hydrogens (tertiary/aromatic N) is 2. The number of fused-ring (bicyclic) bond motifs is 1. The summed E-state index contributed by atoms with van der Waals surface area (Å²) in [5, 5.41) is 23.8. The van der Waals surface area contributed by atoms with Crippen LogP contribution in [0.5, 0.6) is 11.5 Å². The Bertz CT molecular complexity index is 1190. The molecule has 0 aliphatic carbocycles. The molecule has 10 heteroatoms. The fraction of sp³-hybridized carbons (Fsp3) is 0.190. The average molecular weight is 426 g/mol. The van der Waals surface area contributed by atoms with Crippen LogP contribution >= 0.6 is 0 Å². The molecule has 3 aromatic rings. The number of ether oxygens (including phenoxy) is 2. The normalized spacial score (nSPS) is 12.2. The summed E-state index contributed by atoms with van der Waals surface area (Å²) in [5.74, 6) is 0.270. The van der Waals surface area contributed by atoms with Crippen LogP contribution in [0.1, 0.15) is 16.7 Å². The Morgan fingerprint density at radius 3 is 2.32 bits per heavy atom. The highest BCUT2D eigenvalue weighted by Crippen LogP contribution is 2.34. The zero-order valence-corrected chi connectivity index (χ0v) is 16.7. The van der Waals surface area contributed by atoms with Crippen molar-refractivity contribution in [3.8, 4) is 11.5 Å². The molecule has 0 fully saturated rings. The first kappa shape index (κ1) is 21.5. The maximum absolute atomic E-state index is 12.7. The molecular formula is C21H22N4O6. The van der Waals surface area contributed by atoms with Crippen molar-refractivity contribution in [3.05, 3.63) is 69.6 Å². The second-order valence-corrected chi connectivity index (χ2v) is 6.71. The summed E-state index contributed by atoms with van der Waals surface area (Å²) in [6.07, 6.45) is 0.381. The third-order valence-corrected chi connectivity index (χ3v) is 4.56. The van der Waals surface area contributed by atoms with Crippen LogP contribution in [-0.2, 0) is 6.42 Å². The van der Waals surface area contributed by atoms with E-state index in [9.17, 15) is 4.79 Å². The molecule has 0 amide bonds. The number of benzene rings is 2. The van der Waals surface area contributed by atoms with Gasteiger partial charge in [-0.3, -0.25) is 0 Å². The van der Waals surface area contributed by atoms with E-state index in [1.54, 1.807) is 13.0 Å². The van der Waals surface area contributed by atoms with E-state index in [1.165, 1.54) is 6.07 Å². The van der Waals surface area contributed by atoms with Gasteiger partial charge in [-0.1, -0.05) is 40.6 Å². The molecule has 1 aromatic heterocycles. The highest BCUT2D eigenvalue weighted by atomic mass is 16.5. The first-order valence-electron chi connectivity index (χ1n) is 9.25. The van der Waals surface area contributed by atoms with Gasteiger partial charge in [-0.05, 0) is 18.1 Å². The van der Waals surface area contributed by atoms with Gasteiger partial charge >= 0.3 is 5.63 Å². The Hall–Kier alpha value is -4.21. The van der Waals surface area contributed by atoms with E-state index in [1.807, 2.05) is 30.3 Å². The summed E-state index contributed by atoms with van der Waals surface area (Å²) < 4.78 is 16.7. The molecule has 31 heavy (non-hydrogen) atoms. The fourth-order valence-electron chi connectivity index (χ4n) is 3.05. The zero-order valence-electron chi connectivity index (χ0n) is 16.7. The first-order chi connectivity index (χ1) is 14.9. The largest absolute Gasteiger partial charge is 0.485 e. The molecule has 2 aromatic carbocycles. The third kappa shape index (κ3) is 5.04. The number of hydrogen-bond donors (Lipinski definition) is 4. The maximum Gasteiger partial charge on any atom is 0.340 e. The highest BCUT2D eigenvalue weighted by Gasteiger charge is 2.18. The minimum absolute atomic E-state index is 0.143. The number of nitrogens with two attached hydrogens (primary N) is 2. The summed E-state index contributed by atoms with van der Waals surface area (Å²) in [5.41, 5.74) is 12.8. The number of oxime groups is 2. The molecular weight excluding hydrogens is 404 g/mol. The lowest BCUT2D eigenvalue weighted by atomic mass is 9.99. The van der Waals surface area contributed by atoms with Crippen LogP contribution in [0.2, 0.25) is 0 Å². The molecule has 6 N–H and O–H groups in total. The SMILES string of the molecule is Cc1c(Cc2ccccc2)c(=O)oc2cc(OC/C(N)=N\O)cc(OC/C(N)=N/O)c12. The van der Waals surface area contributed by atoms with E-state index in [0.717, 1.165) is 5.56 Å². The monoisotopic (exact) mass is 426 g/mol. The van der Waals surface area contributed by atoms with Crippen molar-refractivity contribution in [3.63, 3.8) is 0 Å². The second kappa shape index (κ2) is 9.53. The van der Waals surface area contributed by atoms with E-state index in [2.05, 4.69) is 10.3 Å². The van der Waals surface area contributed by atoms with Crippen molar-refractivity contribution >= 4 is 22.6 Å². The summed E-state index contributed by atoms with van der Waals surface area (Å²) in [4.78, 5) is 12.7. The first-order valence-corrected chi connectivity index (χ1v) is 9.25. The van der Waals surface area contributed by atoms with Crippen LogP contribution < -0.4 is 26.6 Å². The minimum atomic E-state index is -0.482. The van der Waals surface area contributed by atoms with Crippen molar-refractivity contribution in [1.29, 1.82) is 0 Å². The van der Waals surface area contributed by atoms with Gasteiger partial charge in [0, 0.05) is 24.1 Å². The number of rotatable bonds is 8. The van der Waals surface area contributed by atoms with Crippen LogP contribution in [0.4, 0.5) is 0 Å². The van der Waals surface area contributed by atoms with Gasteiger partial charge in [0.15, 0.2) is 11.7 Å². The molecule has 0 saturated heterocycles. The molecule has 0 spiro atoms. The van der Waals surface area contributed by atoms with Crippen LogP contribution in [0.3, 0.4) is 0 Å². The van der Waals surface area contributed by atoms with Crippen molar-refractivity contribution in [2.45, 2.75) is 13.3 Å². The standard InChI is InChI=1S/C21H22N4O6/c1-12-15(7-13-5-3-2-4-6-13)21(26)31-17-9-14(29-10-18(22)24-27)8-16(20(12)17)30-11-19(23)25-28/h2-6,8-9,27-28H,7,10-11H2,1H3,(H2,22,24)(H2,23,25). The summed E-state index contributed by atoms with van der Waals surface area (Å²) in [6.45, 7) is 1.39. The van der Waals surface area contributed by atoms with Crippen LogP contribution in [0.25, 0.3) is 11.0 Å². The van der Waals surface area contributed by atoms with Gasteiger partial charge < -0.3 is 35.8 Å². The van der Waals surface area contributed by atoms with E-state index < -0.39 is 5.63 Å². The summed E-state index contributed by atoms with van der Waals surface area (Å²) in [7, 11) is 0.